The first-order valence-electron chi connectivity index (χ1n) is 9.25. The molecular weight excluding hydrogens is 332 g/mol. The first-order valence-corrected chi connectivity index (χ1v) is 9.25. The number of carbonyl (C=O) groups is 2. The minimum absolute atomic E-state index is 0.0537. The van der Waals surface area contributed by atoms with Crippen molar-refractivity contribution in [1.29, 1.82) is 0 Å². The molecule has 0 N–H and O–H groups in total. The Morgan fingerprint density at radius 2 is 2.12 bits per heavy atom. The number of methoxy groups -OCH3 is 1. The van der Waals surface area contributed by atoms with Crippen LogP contribution in [-0.2, 0) is 23.8 Å². The molecule has 142 valence electrons. The number of hydrogen-bond acceptors (Lipinski definition) is 5. The zero-order chi connectivity index (χ0) is 19.2. The van der Waals surface area contributed by atoms with Crippen LogP contribution in [0.5, 0.6) is 0 Å². The van der Waals surface area contributed by atoms with E-state index in [4.69, 9.17) is 14.2 Å². The average molecular weight is 360 g/mol. The zero-order valence-corrected chi connectivity index (χ0v) is 16.4. The van der Waals surface area contributed by atoms with Gasteiger partial charge < -0.3 is 14.2 Å². The van der Waals surface area contributed by atoms with Crippen molar-refractivity contribution in [3.63, 3.8) is 0 Å². The van der Waals surface area contributed by atoms with Crippen LogP contribution in [-0.4, -0.2) is 37.4 Å². The van der Waals surface area contributed by atoms with Gasteiger partial charge in [0.15, 0.2) is 0 Å². The molecule has 0 saturated heterocycles. The van der Waals surface area contributed by atoms with Crippen LogP contribution < -0.4 is 0 Å². The molecule has 1 heterocycles. The summed E-state index contributed by atoms with van der Waals surface area (Å²) < 4.78 is 17.2. The molecule has 1 saturated carbocycles. The monoisotopic (exact) mass is 360 g/mol. The highest BCUT2D eigenvalue weighted by molar-refractivity contribution is 5.92. The van der Waals surface area contributed by atoms with Crippen LogP contribution in [0.3, 0.4) is 0 Å². The molecule has 0 bridgehead atoms. The summed E-state index contributed by atoms with van der Waals surface area (Å²) in [5.74, 6) is -0.485. The van der Waals surface area contributed by atoms with Gasteiger partial charge in [-0.1, -0.05) is 25.5 Å². The molecule has 5 heteroatoms. The van der Waals surface area contributed by atoms with Crippen LogP contribution in [0.25, 0.3) is 0 Å². The molecule has 3 rings (SSSR count). The highest BCUT2D eigenvalue weighted by Gasteiger charge is 2.56. The normalized spacial score (nSPS) is 36.9. The van der Waals surface area contributed by atoms with Crippen LogP contribution in [0.2, 0.25) is 0 Å². The van der Waals surface area contributed by atoms with Crippen molar-refractivity contribution in [3.05, 3.63) is 34.4 Å². The minimum atomic E-state index is -0.344. The highest BCUT2D eigenvalue weighted by Crippen LogP contribution is 2.55. The fourth-order valence-corrected chi connectivity index (χ4v) is 4.62. The Balaban J connectivity index is 1.97. The van der Waals surface area contributed by atoms with E-state index in [1.807, 2.05) is 6.92 Å². The van der Waals surface area contributed by atoms with Crippen LogP contribution in [0, 0.1) is 11.3 Å². The number of allylic oxidation sites excluding steroid dienone is 1. The standard InChI is InChI=1S/C21H28O5/c1-7-11(2)19(22)25-15-9-8-14-10-16-17(12(3)20(23)26-16)18(24-6)21(14,5)13(15)4/h7,10,13,15-16,18H,8-9H2,1-6H3. The van der Waals surface area contributed by atoms with Crippen molar-refractivity contribution in [3.8, 4) is 0 Å². The van der Waals surface area contributed by atoms with E-state index in [-0.39, 0.29) is 41.6 Å². The molecule has 0 aromatic rings. The number of rotatable bonds is 3. The maximum absolute atomic E-state index is 12.3. The summed E-state index contributed by atoms with van der Waals surface area (Å²) in [6, 6.07) is 0. The minimum Gasteiger partial charge on any atom is -0.459 e. The third-order valence-electron chi connectivity index (χ3n) is 6.60. The maximum atomic E-state index is 12.3. The average Bonchev–Trinajstić information content (AvgIpc) is 2.90. The molecule has 0 aromatic carbocycles. The van der Waals surface area contributed by atoms with Crippen molar-refractivity contribution in [1.82, 2.24) is 0 Å². The van der Waals surface area contributed by atoms with Crippen molar-refractivity contribution in [2.24, 2.45) is 11.3 Å². The van der Waals surface area contributed by atoms with Gasteiger partial charge in [-0.25, -0.2) is 9.59 Å². The van der Waals surface area contributed by atoms with E-state index in [1.54, 1.807) is 27.0 Å². The summed E-state index contributed by atoms with van der Waals surface area (Å²) in [4.78, 5) is 24.3. The number of hydrogen-bond donors (Lipinski definition) is 0. The van der Waals surface area contributed by atoms with Crippen molar-refractivity contribution < 1.29 is 23.8 Å². The number of ether oxygens (including phenoxy) is 3. The van der Waals surface area contributed by atoms with Gasteiger partial charge in [0.1, 0.15) is 12.2 Å². The van der Waals surface area contributed by atoms with E-state index in [0.717, 1.165) is 18.4 Å². The topological polar surface area (TPSA) is 61.8 Å². The lowest BCUT2D eigenvalue weighted by molar-refractivity contribution is -0.154. The molecule has 0 radical (unpaired) electrons. The zero-order valence-electron chi connectivity index (χ0n) is 16.4. The molecule has 2 aliphatic carbocycles. The predicted octanol–water partition coefficient (Wildman–Crippen LogP) is 3.50. The SMILES string of the molecule is CC=C(C)C(=O)OC1CCC2=CC3OC(=O)C(C)=C3C(OC)C2(C)C1C. The van der Waals surface area contributed by atoms with Gasteiger partial charge >= 0.3 is 11.9 Å². The maximum Gasteiger partial charge on any atom is 0.334 e. The van der Waals surface area contributed by atoms with Gasteiger partial charge in [0.2, 0.25) is 0 Å². The third kappa shape index (κ3) is 2.64. The summed E-state index contributed by atoms with van der Waals surface area (Å²) in [5, 5.41) is 0. The van der Waals surface area contributed by atoms with Gasteiger partial charge in [-0.15, -0.1) is 0 Å². The van der Waals surface area contributed by atoms with Gasteiger partial charge in [0.25, 0.3) is 0 Å². The lowest BCUT2D eigenvalue weighted by Crippen LogP contribution is -2.53. The quantitative estimate of drug-likeness (QED) is 0.438. The van der Waals surface area contributed by atoms with E-state index in [2.05, 4.69) is 19.9 Å². The van der Waals surface area contributed by atoms with Gasteiger partial charge in [0.05, 0.1) is 6.10 Å². The Morgan fingerprint density at radius 3 is 2.73 bits per heavy atom. The predicted molar refractivity (Wildman–Crippen MR) is 97.3 cm³/mol. The van der Waals surface area contributed by atoms with E-state index < -0.39 is 0 Å². The second-order valence-electron chi connectivity index (χ2n) is 7.74. The molecule has 5 atom stereocenters. The van der Waals surface area contributed by atoms with Gasteiger partial charge in [-0.05, 0) is 39.7 Å². The van der Waals surface area contributed by atoms with E-state index in [0.29, 0.717) is 11.1 Å². The Kier molecular flexibility index (Phi) is 4.86. The second-order valence-corrected chi connectivity index (χ2v) is 7.74. The Hall–Kier alpha value is -1.88. The molecular formula is C21H28O5. The van der Waals surface area contributed by atoms with Crippen molar-refractivity contribution in [2.45, 2.75) is 65.8 Å². The van der Waals surface area contributed by atoms with E-state index >= 15 is 0 Å². The highest BCUT2D eigenvalue weighted by atomic mass is 16.6. The van der Waals surface area contributed by atoms with E-state index in [9.17, 15) is 9.59 Å². The Morgan fingerprint density at radius 1 is 1.42 bits per heavy atom. The second kappa shape index (κ2) is 6.69. The van der Waals surface area contributed by atoms with Crippen LogP contribution >= 0.6 is 0 Å². The molecule has 1 fully saturated rings. The van der Waals surface area contributed by atoms with E-state index in [1.165, 1.54) is 5.57 Å². The fraction of sp³-hybridized carbons (Fsp3) is 0.619. The van der Waals surface area contributed by atoms with Gasteiger partial charge in [-0.2, -0.15) is 0 Å². The third-order valence-corrected chi connectivity index (χ3v) is 6.60. The molecule has 26 heavy (non-hydrogen) atoms. The van der Waals surface area contributed by atoms with Crippen LogP contribution in [0.4, 0.5) is 0 Å². The lowest BCUT2D eigenvalue weighted by Gasteiger charge is -2.52. The first-order chi connectivity index (χ1) is 12.2. The summed E-state index contributed by atoms with van der Waals surface area (Å²) in [5.41, 5.74) is 3.04. The molecule has 5 unspecified atom stereocenters. The summed E-state index contributed by atoms with van der Waals surface area (Å²) in [7, 11) is 1.67. The molecule has 0 spiro atoms. The summed E-state index contributed by atoms with van der Waals surface area (Å²) >= 11 is 0. The number of carbonyl (C=O) groups excluding carboxylic acids is 2. The number of fused-ring (bicyclic) bond motifs is 2. The van der Waals surface area contributed by atoms with Crippen LogP contribution in [0.1, 0.15) is 47.5 Å². The summed E-state index contributed by atoms with van der Waals surface area (Å²) in [6.45, 7) is 9.65. The molecule has 0 amide bonds. The lowest BCUT2D eigenvalue weighted by atomic mass is 9.56. The molecule has 5 nitrogen and oxygen atoms in total. The Labute approximate surface area is 155 Å². The van der Waals surface area contributed by atoms with Crippen molar-refractivity contribution >= 4 is 11.9 Å². The summed E-state index contributed by atoms with van der Waals surface area (Å²) in [6.07, 6.45) is 4.62. The molecule has 0 aromatic heterocycles. The van der Waals surface area contributed by atoms with Crippen LogP contribution in [0.15, 0.2) is 34.4 Å². The Bertz CT molecular complexity index is 729. The van der Waals surface area contributed by atoms with Gasteiger partial charge in [0, 0.05) is 35.2 Å². The smallest absolute Gasteiger partial charge is 0.334 e. The first kappa shape index (κ1) is 18.9. The molecule has 1 aliphatic heterocycles. The molecule has 3 aliphatic rings. The van der Waals surface area contributed by atoms with Crippen molar-refractivity contribution in [2.75, 3.05) is 7.11 Å². The largest absolute Gasteiger partial charge is 0.459 e. The fourth-order valence-electron chi connectivity index (χ4n) is 4.62. The van der Waals surface area contributed by atoms with Gasteiger partial charge in [-0.3, -0.25) is 0 Å². The number of esters is 2.